The quantitative estimate of drug-likeness (QED) is 0.144. The van der Waals surface area contributed by atoms with E-state index >= 15 is 0 Å². The lowest BCUT2D eigenvalue weighted by Crippen LogP contribution is -2.65. The zero-order valence-electron chi connectivity index (χ0n) is 23.7. The molecule has 7 N–H and O–H groups in total. The van der Waals surface area contributed by atoms with Crippen molar-refractivity contribution in [2.24, 2.45) is 0 Å². The maximum absolute atomic E-state index is 13.5. The second-order valence-corrected chi connectivity index (χ2v) is 10.7. The average Bonchev–Trinajstić information content (AvgIpc) is 3.52. The van der Waals surface area contributed by atoms with E-state index in [1.807, 2.05) is 0 Å². The van der Waals surface area contributed by atoms with Crippen LogP contribution in [0, 0.1) is 0 Å². The molecule has 16 heteroatoms. The molecule has 6 rings (SSSR count). The monoisotopic (exact) mass is 636 g/mol. The Labute approximate surface area is 254 Å². The standard InChI is InChI=1S/C29H32O16/c1-38-16-5-12-15(39-9-13(21(12)32)11-2-3-14-17(4-11)41-10-40-14)6-18(16)42-29-26(37)27(23(34)20(8-31)44-29)45-28-25(36)24(35)22(33)19(7-30)43-28/h2-6,9,19-20,22-31,33-37H,7-8,10H2,1H3/t19?,20?,22-,23-,24+,25?,26?,27+,28+,29-/m1/s1. The Morgan fingerprint density at radius 1 is 0.800 bits per heavy atom. The first-order valence-electron chi connectivity index (χ1n) is 13.9. The third-order valence-electron chi connectivity index (χ3n) is 7.95. The normalized spacial score (nSPS) is 32.9. The second kappa shape index (κ2) is 12.7. The second-order valence-electron chi connectivity index (χ2n) is 10.7. The number of aliphatic hydroxyl groups is 7. The van der Waals surface area contributed by atoms with Gasteiger partial charge in [-0.25, -0.2) is 0 Å². The summed E-state index contributed by atoms with van der Waals surface area (Å²) < 4.78 is 44.3. The van der Waals surface area contributed by atoms with Gasteiger partial charge in [-0.15, -0.1) is 0 Å². The minimum Gasteiger partial charge on any atom is -0.493 e. The molecule has 0 radical (unpaired) electrons. The van der Waals surface area contributed by atoms with Crippen molar-refractivity contribution in [3.8, 4) is 34.1 Å². The van der Waals surface area contributed by atoms with Crippen molar-refractivity contribution in [1.82, 2.24) is 0 Å². The van der Waals surface area contributed by atoms with E-state index in [9.17, 15) is 40.5 Å². The molecule has 0 amide bonds. The molecule has 2 fully saturated rings. The van der Waals surface area contributed by atoms with Crippen LogP contribution in [0.2, 0.25) is 0 Å². The lowest BCUT2D eigenvalue weighted by Gasteiger charge is -2.45. The number of aliphatic hydroxyl groups excluding tert-OH is 7. The highest BCUT2D eigenvalue weighted by atomic mass is 16.7. The molecule has 2 saturated heterocycles. The largest absolute Gasteiger partial charge is 0.493 e. The van der Waals surface area contributed by atoms with Gasteiger partial charge in [-0.05, 0) is 23.8 Å². The number of ether oxygens (including phenoxy) is 7. The molecule has 45 heavy (non-hydrogen) atoms. The molecule has 3 aromatic rings. The van der Waals surface area contributed by atoms with Gasteiger partial charge < -0.3 is 73.3 Å². The first kappa shape index (κ1) is 31.4. The van der Waals surface area contributed by atoms with E-state index in [1.54, 1.807) is 18.2 Å². The van der Waals surface area contributed by atoms with E-state index in [-0.39, 0.29) is 40.3 Å². The smallest absolute Gasteiger partial charge is 0.231 e. The zero-order valence-corrected chi connectivity index (χ0v) is 23.7. The maximum Gasteiger partial charge on any atom is 0.231 e. The van der Waals surface area contributed by atoms with Gasteiger partial charge in [-0.1, -0.05) is 6.07 Å². The van der Waals surface area contributed by atoms with Gasteiger partial charge in [-0.2, -0.15) is 0 Å². The summed E-state index contributed by atoms with van der Waals surface area (Å²) in [6.45, 7) is -1.40. The summed E-state index contributed by atoms with van der Waals surface area (Å²) in [6.07, 6.45) is -15.1. The van der Waals surface area contributed by atoms with Crippen LogP contribution in [0.5, 0.6) is 23.0 Å². The highest BCUT2D eigenvalue weighted by molar-refractivity contribution is 5.85. The molecule has 2 aromatic carbocycles. The molecule has 0 aliphatic carbocycles. The summed E-state index contributed by atoms with van der Waals surface area (Å²) in [5.41, 5.74) is 0.492. The Morgan fingerprint density at radius 2 is 1.51 bits per heavy atom. The van der Waals surface area contributed by atoms with Crippen LogP contribution in [-0.2, 0) is 14.2 Å². The minimum absolute atomic E-state index is 0.0477. The molecule has 0 spiro atoms. The highest BCUT2D eigenvalue weighted by Crippen LogP contribution is 2.38. The summed E-state index contributed by atoms with van der Waals surface area (Å²) in [6, 6.07) is 7.74. The summed E-state index contributed by atoms with van der Waals surface area (Å²) >= 11 is 0. The molecular weight excluding hydrogens is 604 g/mol. The van der Waals surface area contributed by atoms with Crippen molar-refractivity contribution in [2.45, 2.75) is 61.4 Å². The number of rotatable bonds is 8. The Bertz CT molecular complexity index is 1570. The first-order valence-corrected chi connectivity index (χ1v) is 13.9. The number of benzene rings is 2. The molecule has 16 nitrogen and oxygen atoms in total. The van der Waals surface area contributed by atoms with E-state index in [2.05, 4.69) is 0 Å². The zero-order chi connectivity index (χ0) is 32.0. The van der Waals surface area contributed by atoms with Gasteiger partial charge >= 0.3 is 0 Å². The van der Waals surface area contributed by atoms with Crippen molar-refractivity contribution in [3.63, 3.8) is 0 Å². The summed E-state index contributed by atoms with van der Waals surface area (Å²) in [5.74, 6) is 1.04. The fourth-order valence-corrected chi connectivity index (χ4v) is 5.42. The third kappa shape index (κ3) is 5.70. The fraction of sp³-hybridized carbons (Fsp3) is 0.483. The molecular formula is C29H32O16. The summed E-state index contributed by atoms with van der Waals surface area (Å²) in [7, 11) is 1.32. The Morgan fingerprint density at radius 3 is 2.24 bits per heavy atom. The van der Waals surface area contributed by atoms with E-state index < -0.39 is 74.6 Å². The number of hydrogen-bond acceptors (Lipinski definition) is 16. The molecule has 10 atom stereocenters. The average molecular weight is 637 g/mol. The molecule has 0 bridgehead atoms. The van der Waals surface area contributed by atoms with E-state index in [0.29, 0.717) is 17.1 Å². The van der Waals surface area contributed by atoms with Gasteiger partial charge in [0.1, 0.15) is 60.7 Å². The van der Waals surface area contributed by atoms with Gasteiger partial charge in [0.05, 0.1) is 31.3 Å². The van der Waals surface area contributed by atoms with Crippen LogP contribution >= 0.6 is 0 Å². The van der Waals surface area contributed by atoms with Crippen LogP contribution in [0.1, 0.15) is 0 Å². The van der Waals surface area contributed by atoms with Crippen molar-refractivity contribution in [2.75, 3.05) is 27.1 Å². The van der Waals surface area contributed by atoms with Crippen LogP contribution in [0.25, 0.3) is 22.1 Å². The lowest BCUT2D eigenvalue weighted by atomic mass is 9.97. The first-order chi connectivity index (χ1) is 21.6. The molecule has 3 aliphatic rings. The van der Waals surface area contributed by atoms with Gasteiger partial charge in [0, 0.05) is 6.07 Å². The highest BCUT2D eigenvalue weighted by Gasteiger charge is 2.51. The fourth-order valence-electron chi connectivity index (χ4n) is 5.42. The van der Waals surface area contributed by atoms with Crippen LogP contribution in [-0.4, -0.2) is 124 Å². The summed E-state index contributed by atoms with van der Waals surface area (Å²) in [4.78, 5) is 13.5. The number of fused-ring (bicyclic) bond motifs is 2. The van der Waals surface area contributed by atoms with Gasteiger partial charge in [0.15, 0.2) is 29.3 Å². The van der Waals surface area contributed by atoms with Crippen LogP contribution < -0.4 is 24.4 Å². The van der Waals surface area contributed by atoms with Gasteiger partial charge in [-0.3, -0.25) is 4.79 Å². The Kier molecular flexibility index (Phi) is 8.86. The lowest BCUT2D eigenvalue weighted by molar-refractivity contribution is -0.352. The van der Waals surface area contributed by atoms with Crippen LogP contribution in [0.3, 0.4) is 0 Å². The van der Waals surface area contributed by atoms with Crippen molar-refractivity contribution in [3.05, 3.63) is 46.8 Å². The molecule has 4 heterocycles. The third-order valence-corrected chi connectivity index (χ3v) is 7.95. The predicted molar refractivity (Wildman–Crippen MR) is 148 cm³/mol. The maximum atomic E-state index is 13.5. The van der Waals surface area contributed by atoms with Gasteiger partial charge in [0.25, 0.3) is 0 Å². The number of methoxy groups -OCH3 is 1. The summed E-state index contributed by atoms with van der Waals surface area (Å²) in [5, 5.41) is 71.9. The molecule has 244 valence electrons. The van der Waals surface area contributed by atoms with Crippen LogP contribution in [0.4, 0.5) is 0 Å². The van der Waals surface area contributed by atoms with E-state index in [4.69, 9.17) is 37.6 Å². The molecule has 1 aromatic heterocycles. The van der Waals surface area contributed by atoms with Crippen molar-refractivity contribution >= 4 is 11.0 Å². The van der Waals surface area contributed by atoms with Gasteiger partial charge in [0.2, 0.25) is 18.5 Å². The van der Waals surface area contributed by atoms with Crippen molar-refractivity contribution in [1.29, 1.82) is 0 Å². The van der Waals surface area contributed by atoms with Crippen LogP contribution in [0.15, 0.2) is 45.8 Å². The number of hydrogen-bond donors (Lipinski definition) is 7. The topological polar surface area (TPSA) is 236 Å². The Balaban J connectivity index is 1.27. The molecule has 3 aliphatic heterocycles. The molecule has 4 unspecified atom stereocenters. The predicted octanol–water partition coefficient (Wildman–Crippen LogP) is -1.80. The Hall–Kier alpha value is -3.55. The molecule has 0 saturated carbocycles. The van der Waals surface area contributed by atoms with E-state index in [1.165, 1.54) is 25.5 Å². The SMILES string of the molecule is COc1cc2c(=O)c(-c3ccc4c(c3)OCO4)coc2cc1O[C@@H]1OC(CO)[C@@H](O)[C@H](O[C@@H]2OC(CO)[C@@H](O)[C@H](O)C2O)C1O. The van der Waals surface area contributed by atoms with E-state index in [0.717, 1.165) is 0 Å². The minimum atomic E-state index is -1.83. The van der Waals surface area contributed by atoms with Crippen molar-refractivity contribution < 1.29 is 73.3 Å².